The molecular weight excluding hydrogens is 274 g/mol. The Hall–Kier alpha value is -2.26. The van der Waals surface area contributed by atoms with Gasteiger partial charge in [-0.2, -0.15) is 0 Å². The van der Waals surface area contributed by atoms with Gasteiger partial charge in [0.05, 0.1) is 17.0 Å². The Kier molecular flexibility index (Phi) is 4.80. The summed E-state index contributed by atoms with van der Waals surface area (Å²) in [6.45, 7) is 0.613. The minimum absolute atomic E-state index is 0.0642. The molecule has 1 heterocycles. The lowest BCUT2D eigenvalue weighted by Crippen LogP contribution is -2.12. The first-order valence-corrected chi connectivity index (χ1v) is 7.13. The number of anilines is 1. The van der Waals surface area contributed by atoms with Crippen molar-refractivity contribution in [3.05, 3.63) is 30.0 Å². The Bertz CT molecular complexity index is 667. The second-order valence-electron chi connectivity index (χ2n) is 3.93. The first-order chi connectivity index (χ1) is 9.74. The summed E-state index contributed by atoms with van der Waals surface area (Å²) in [6.07, 6.45) is 5.17. The van der Waals surface area contributed by atoms with E-state index in [1.165, 1.54) is 0 Å². The molecule has 2 aromatic rings. The zero-order chi connectivity index (χ0) is 14.4. The van der Waals surface area contributed by atoms with Crippen molar-refractivity contribution in [2.75, 3.05) is 23.4 Å². The number of benzene rings is 1. The molecule has 0 saturated heterocycles. The Labute approximate surface area is 120 Å². The van der Waals surface area contributed by atoms with Gasteiger partial charge >= 0.3 is 5.97 Å². The zero-order valence-electron chi connectivity index (χ0n) is 10.7. The maximum absolute atomic E-state index is 11.2. The Morgan fingerprint density at radius 2 is 2.20 bits per heavy atom. The molecule has 0 unspecified atom stereocenters. The Morgan fingerprint density at radius 3 is 2.95 bits per heavy atom. The van der Waals surface area contributed by atoms with E-state index in [9.17, 15) is 9.90 Å². The zero-order valence-corrected chi connectivity index (χ0v) is 11.5. The fourth-order valence-electron chi connectivity index (χ4n) is 1.76. The number of fused-ring (bicyclic) bond motifs is 1. The molecule has 0 radical (unpaired) electrons. The summed E-state index contributed by atoms with van der Waals surface area (Å²) in [6, 6.07) is 7.30. The number of rotatable bonds is 6. The van der Waals surface area contributed by atoms with Crippen LogP contribution in [0.15, 0.2) is 24.3 Å². The van der Waals surface area contributed by atoms with Crippen LogP contribution in [0.5, 0.6) is 0 Å². The van der Waals surface area contributed by atoms with Gasteiger partial charge in [-0.05, 0) is 6.07 Å². The molecule has 2 rings (SSSR count). The number of carboxylic acids is 1. The normalized spacial score (nSPS) is 10.2. The van der Waals surface area contributed by atoms with Gasteiger partial charge in [-0.3, -0.25) is 0 Å². The third-order valence-electron chi connectivity index (χ3n) is 2.60. The fraction of sp³-hybridized carbons (Fsp3) is 0.214. The molecule has 0 fully saturated rings. The molecule has 0 aliphatic carbocycles. The van der Waals surface area contributed by atoms with Crippen LogP contribution in [0, 0.1) is 12.3 Å². The van der Waals surface area contributed by atoms with Crippen LogP contribution in [-0.2, 0) is 0 Å². The number of aromatic carboxylic acids is 1. The summed E-state index contributed by atoms with van der Waals surface area (Å²) in [5.41, 5.74) is 1.10. The lowest BCUT2D eigenvalue weighted by atomic mass is 10.1. The third kappa shape index (κ3) is 3.19. The van der Waals surface area contributed by atoms with E-state index in [4.69, 9.17) is 6.42 Å². The molecule has 0 aliphatic heterocycles. The molecule has 102 valence electrons. The van der Waals surface area contributed by atoms with E-state index < -0.39 is 5.97 Å². The molecule has 0 spiro atoms. The maximum atomic E-state index is 11.2. The molecule has 6 heteroatoms. The van der Waals surface area contributed by atoms with Gasteiger partial charge in [-0.15, -0.1) is 28.4 Å². The van der Waals surface area contributed by atoms with E-state index in [0.29, 0.717) is 23.5 Å². The van der Waals surface area contributed by atoms with Gasteiger partial charge in [0, 0.05) is 17.7 Å². The van der Waals surface area contributed by atoms with Gasteiger partial charge in [-0.1, -0.05) is 24.1 Å². The molecule has 0 amide bonds. The molecule has 20 heavy (non-hydrogen) atoms. The second-order valence-corrected chi connectivity index (χ2v) is 5.03. The fourth-order valence-corrected chi connectivity index (χ4v) is 2.27. The average Bonchev–Trinajstić information content (AvgIpc) is 2.46. The minimum Gasteiger partial charge on any atom is -0.476 e. The summed E-state index contributed by atoms with van der Waals surface area (Å²) in [5, 5.41) is 20.8. The first-order valence-electron chi connectivity index (χ1n) is 5.98. The highest BCUT2D eigenvalue weighted by molar-refractivity contribution is 7.99. The maximum Gasteiger partial charge on any atom is 0.358 e. The van der Waals surface area contributed by atoms with Crippen LogP contribution in [0.25, 0.3) is 10.9 Å². The van der Waals surface area contributed by atoms with E-state index in [-0.39, 0.29) is 5.69 Å². The van der Waals surface area contributed by atoms with Crippen LogP contribution in [0.2, 0.25) is 0 Å². The molecule has 0 bridgehead atoms. The van der Waals surface area contributed by atoms with E-state index in [1.54, 1.807) is 17.8 Å². The molecule has 2 N–H and O–H groups in total. The van der Waals surface area contributed by atoms with Gasteiger partial charge in [-0.25, -0.2) is 4.79 Å². The third-order valence-corrected chi connectivity index (χ3v) is 3.47. The van der Waals surface area contributed by atoms with Gasteiger partial charge in [0.25, 0.3) is 0 Å². The SMILES string of the molecule is C#CCSCCNc1c(C(=O)O)nnc2ccccc12. The van der Waals surface area contributed by atoms with Crippen LogP contribution in [-0.4, -0.2) is 39.3 Å². The van der Waals surface area contributed by atoms with E-state index in [2.05, 4.69) is 21.4 Å². The van der Waals surface area contributed by atoms with Crippen LogP contribution >= 0.6 is 11.8 Å². The van der Waals surface area contributed by atoms with Crippen molar-refractivity contribution < 1.29 is 9.90 Å². The van der Waals surface area contributed by atoms with Crippen molar-refractivity contribution in [3.63, 3.8) is 0 Å². The number of carboxylic acid groups (broad SMARTS) is 1. The van der Waals surface area contributed by atoms with Crippen molar-refractivity contribution >= 4 is 34.3 Å². The molecule has 1 aromatic heterocycles. The van der Waals surface area contributed by atoms with Crippen LogP contribution in [0.3, 0.4) is 0 Å². The van der Waals surface area contributed by atoms with Crippen LogP contribution in [0.1, 0.15) is 10.5 Å². The topological polar surface area (TPSA) is 75.1 Å². The number of terminal acetylenes is 1. The molecule has 1 aromatic carbocycles. The molecule has 0 saturated carbocycles. The van der Waals surface area contributed by atoms with E-state index in [0.717, 1.165) is 11.1 Å². The lowest BCUT2D eigenvalue weighted by molar-refractivity contribution is 0.0690. The number of carbonyl (C=O) groups is 1. The average molecular weight is 287 g/mol. The number of thioether (sulfide) groups is 1. The summed E-state index contributed by atoms with van der Waals surface area (Å²) in [4.78, 5) is 11.2. The number of nitrogens with one attached hydrogen (secondary N) is 1. The van der Waals surface area contributed by atoms with Gasteiger partial charge in [0.2, 0.25) is 0 Å². The Morgan fingerprint density at radius 1 is 1.40 bits per heavy atom. The molecule has 5 nitrogen and oxygen atoms in total. The highest BCUT2D eigenvalue weighted by Crippen LogP contribution is 2.24. The highest BCUT2D eigenvalue weighted by atomic mass is 32.2. The highest BCUT2D eigenvalue weighted by Gasteiger charge is 2.15. The lowest BCUT2D eigenvalue weighted by Gasteiger charge is -2.10. The standard InChI is InChI=1S/C14H13N3O2S/c1-2-8-20-9-7-15-12-10-5-3-4-6-11(10)16-17-13(12)14(18)19/h1,3-6H,7-9H2,(H,15,16)(H,18,19). The predicted octanol–water partition coefficient (Wildman–Crippen LogP) is 2.11. The van der Waals surface area contributed by atoms with Crippen molar-refractivity contribution in [3.8, 4) is 12.3 Å². The second kappa shape index (κ2) is 6.78. The summed E-state index contributed by atoms with van der Waals surface area (Å²) in [7, 11) is 0. The molecule has 0 atom stereocenters. The monoisotopic (exact) mass is 287 g/mol. The number of aromatic nitrogens is 2. The van der Waals surface area contributed by atoms with Crippen molar-refractivity contribution in [2.24, 2.45) is 0 Å². The largest absolute Gasteiger partial charge is 0.476 e. The molecule has 0 aliphatic rings. The molecular formula is C14H13N3O2S. The smallest absolute Gasteiger partial charge is 0.358 e. The van der Waals surface area contributed by atoms with Gasteiger partial charge in [0.15, 0.2) is 5.69 Å². The predicted molar refractivity (Wildman–Crippen MR) is 81.1 cm³/mol. The van der Waals surface area contributed by atoms with Gasteiger partial charge in [0.1, 0.15) is 0 Å². The van der Waals surface area contributed by atoms with Crippen molar-refractivity contribution in [1.29, 1.82) is 0 Å². The quantitative estimate of drug-likeness (QED) is 0.626. The minimum atomic E-state index is -1.10. The van der Waals surface area contributed by atoms with E-state index >= 15 is 0 Å². The van der Waals surface area contributed by atoms with Crippen LogP contribution < -0.4 is 5.32 Å². The van der Waals surface area contributed by atoms with Gasteiger partial charge < -0.3 is 10.4 Å². The number of hydrogen-bond donors (Lipinski definition) is 2. The van der Waals surface area contributed by atoms with Crippen molar-refractivity contribution in [2.45, 2.75) is 0 Å². The summed E-state index contributed by atoms with van der Waals surface area (Å²) in [5.74, 6) is 2.88. The van der Waals surface area contributed by atoms with E-state index in [1.807, 2.05) is 18.2 Å². The number of nitrogens with zero attached hydrogens (tertiary/aromatic N) is 2. The van der Waals surface area contributed by atoms with Crippen LogP contribution in [0.4, 0.5) is 5.69 Å². The number of hydrogen-bond acceptors (Lipinski definition) is 5. The summed E-state index contributed by atoms with van der Waals surface area (Å²) >= 11 is 1.61. The van der Waals surface area contributed by atoms with Crippen molar-refractivity contribution in [1.82, 2.24) is 10.2 Å². The first kappa shape index (κ1) is 14.2. The summed E-state index contributed by atoms with van der Waals surface area (Å²) < 4.78 is 0. The Balaban J connectivity index is 2.26.